The minimum absolute atomic E-state index is 0.0315. The van der Waals surface area contributed by atoms with Gasteiger partial charge in [-0.3, -0.25) is 5.43 Å². The van der Waals surface area contributed by atoms with Crippen molar-refractivity contribution in [2.24, 2.45) is 16.8 Å². The van der Waals surface area contributed by atoms with Gasteiger partial charge in [0.25, 0.3) is 0 Å². The molecule has 1 atom stereocenters. The van der Waals surface area contributed by atoms with E-state index in [1.54, 1.807) is 0 Å². The van der Waals surface area contributed by atoms with Crippen LogP contribution in [0.2, 0.25) is 0 Å². The number of guanidine groups is 1. The molecule has 3 rings (SSSR count). The van der Waals surface area contributed by atoms with Crippen LogP contribution in [0, 0.1) is 6.92 Å². The van der Waals surface area contributed by atoms with Crippen LogP contribution in [0.4, 0.5) is 45.2 Å². The summed E-state index contributed by atoms with van der Waals surface area (Å²) in [6.45, 7) is 1.41. The molecule has 0 spiro atoms. The fourth-order valence-electron chi connectivity index (χ4n) is 4.48. The van der Waals surface area contributed by atoms with Crippen molar-refractivity contribution in [1.29, 1.82) is 0 Å². The Hall–Kier alpha value is -3.36. The fraction of sp³-hybridized carbons (Fsp3) is 0.435. The van der Waals surface area contributed by atoms with Gasteiger partial charge in [0.05, 0.1) is 22.7 Å². The number of anilines is 1. The number of nitrogens with one attached hydrogen (secondary N) is 2. The van der Waals surface area contributed by atoms with Crippen LogP contribution in [0.5, 0.6) is 0 Å². The third-order valence-electron chi connectivity index (χ3n) is 6.22. The number of hydrogen-bond donors (Lipinski definition) is 4. The highest BCUT2D eigenvalue weighted by molar-refractivity contribution is 5.80. The Morgan fingerprint density at radius 3 is 2.08 bits per heavy atom. The Bertz CT molecular complexity index is 1140. The van der Waals surface area contributed by atoms with Gasteiger partial charge in [-0.15, -0.1) is 5.10 Å². The maximum atomic E-state index is 13.5. The van der Waals surface area contributed by atoms with Gasteiger partial charge in [0.1, 0.15) is 0 Å². The predicted molar refractivity (Wildman–Crippen MR) is 122 cm³/mol. The number of hydrogen-bond acceptors (Lipinski definition) is 4. The topological polar surface area (TPSA) is 91.7 Å². The van der Waals surface area contributed by atoms with Crippen LogP contribution in [0.25, 0.3) is 0 Å². The first-order valence-corrected chi connectivity index (χ1v) is 11.3. The standard InChI is InChI=1S/C23H25F9N6/c1-12-7-16-18(11-17(12)23(30,31)32)35-5-2-3-19(16)38(20(36-33)37-34)6-4-13-8-14(21(24,25)26)10-15(9-13)22(27,28)29/h7-11,19,35H,2-6,33-34H2,1H3,(H,36,37). The van der Waals surface area contributed by atoms with Crippen molar-refractivity contribution >= 4 is 11.6 Å². The van der Waals surface area contributed by atoms with Crippen LogP contribution in [-0.2, 0) is 24.9 Å². The van der Waals surface area contributed by atoms with Crippen molar-refractivity contribution in [2.45, 2.75) is 50.8 Å². The van der Waals surface area contributed by atoms with E-state index in [2.05, 4.69) is 15.8 Å². The van der Waals surface area contributed by atoms with Crippen LogP contribution in [-0.4, -0.2) is 23.9 Å². The lowest BCUT2D eigenvalue weighted by Crippen LogP contribution is -2.48. The van der Waals surface area contributed by atoms with Gasteiger partial charge in [-0.05, 0) is 67.1 Å². The van der Waals surface area contributed by atoms with E-state index in [1.807, 2.05) is 0 Å². The van der Waals surface area contributed by atoms with Gasteiger partial charge in [-0.1, -0.05) is 6.07 Å². The number of hydrazine groups is 1. The Morgan fingerprint density at radius 2 is 1.58 bits per heavy atom. The highest BCUT2D eigenvalue weighted by Gasteiger charge is 2.38. The maximum Gasteiger partial charge on any atom is 0.416 e. The van der Waals surface area contributed by atoms with Gasteiger partial charge in [-0.2, -0.15) is 39.5 Å². The van der Waals surface area contributed by atoms with Crippen molar-refractivity contribution < 1.29 is 39.5 Å². The molecule has 1 aliphatic rings. The summed E-state index contributed by atoms with van der Waals surface area (Å²) in [6.07, 6.45) is -14.1. The summed E-state index contributed by atoms with van der Waals surface area (Å²) in [6, 6.07) is 2.87. The molecule has 6 nitrogen and oxygen atoms in total. The minimum atomic E-state index is -5.02. The van der Waals surface area contributed by atoms with E-state index in [0.29, 0.717) is 37.1 Å². The van der Waals surface area contributed by atoms with Crippen molar-refractivity contribution in [3.63, 3.8) is 0 Å². The predicted octanol–water partition coefficient (Wildman–Crippen LogP) is 5.54. The second-order valence-electron chi connectivity index (χ2n) is 8.79. The van der Waals surface area contributed by atoms with E-state index in [1.165, 1.54) is 17.9 Å². The fourth-order valence-corrected chi connectivity index (χ4v) is 4.48. The number of fused-ring (bicyclic) bond motifs is 1. The normalized spacial score (nSPS) is 16.9. The molecule has 38 heavy (non-hydrogen) atoms. The molecule has 0 aliphatic carbocycles. The third kappa shape index (κ3) is 6.55. The summed E-state index contributed by atoms with van der Waals surface area (Å²) in [5, 5.41) is 6.48. The van der Waals surface area contributed by atoms with Crippen LogP contribution < -0.4 is 22.4 Å². The molecule has 210 valence electrons. The van der Waals surface area contributed by atoms with Gasteiger partial charge in [-0.25, -0.2) is 5.84 Å². The molecule has 0 saturated heterocycles. The second-order valence-corrected chi connectivity index (χ2v) is 8.79. The van der Waals surface area contributed by atoms with E-state index in [-0.39, 0.29) is 41.8 Å². The molecule has 1 heterocycles. The van der Waals surface area contributed by atoms with E-state index < -0.39 is 41.3 Å². The Kier molecular flexibility index (Phi) is 8.29. The smallest absolute Gasteiger partial charge is 0.385 e. The van der Waals surface area contributed by atoms with Gasteiger partial charge >= 0.3 is 18.5 Å². The molecule has 0 aromatic heterocycles. The zero-order valence-corrected chi connectivity index (χ0v) is 20.0. The van der Waals surface area contributed by atoms with Crippen molar-refractivity contribution in [3.8, 4) is 0 Å². The van der Waals surface area contributed by atoms with Crippen LogP contribution in [0.15, 0.2) is 35.4 Å². The molecular formula is C23H25F9N6. The highest BCUT2D eigenvalue weighted by atomic mass is 19.4. The SMILES string of the molecule is Cc1cc2c(cc1C(F)(F)F)NCCCC2N(CCc1cc(C(F)(F)F)cc(C(F)(F)F)c1)/C(=N/N)NN. The number of nitrogens with zero attached hydrogens (tertiary/aromatic N) is 2. The molecule has 2 aromatic rings. The third-order valence-corrected chi connectivity index (χ3v) is 6.22. The number of benzene rings is 2. The molecular weight excluding hydrogens is 531 g/mol. The average molecular weight is 556 g/mol. The molecule has 1 unspecified atom stereocenters. The first-order valence-electron chi connectivity index (χ1n) is 11.3. The summed E-state index contributed by atoms with van der Waals surface area (Å²) < 4.78 is 120. The Morgan fingerprint density at radius 1 is 0.974 bits per heavy atom. The molecule has 0 amide bonds. The average Bonchev–Trinajstić information content (AvgIpc) is 3.01. The lowest BCUT2D eigenvalue weighted by Gasteiger charge is -2.34. The van der Waals surface area contributed by atoms with Crippen molar-refractivity contribution in [1.82, 2.24) is 10.3 Å². The van der Waals surface area contributed by atoms with E-state index in [9.17, 15) is 39.5 Å². The summed E-state index contributed by atoms with van der Waals surface area (Å²) in [7, 11) is 0. The number of halogens is 9. The molecule has 2 aromatic carbocycles. The van der Waals surface area contributed by atoms with Crippen LogP contribution >= 0.6 is 0 Å². The molecule has 0 bridgehead atoms. The lowest BCUT2D eigenvalue weighted by molar-refractivity contribution is -0.143. The van der Waals surface area contributed by atoms with Gasteiger partial charge in [0.15, 0.2) is 0 Å². The lowest BCUT2D eigenvalue weighted by atomic mass is 9.94. The van der Waals surface area contributed by atoms with E-state index >= 15 is 0 Å². The molecule has 0 fully saturated rings. The summed E-state index contributed by atoms with van der Waals surface area (Å²) >= 11 is 0. The van der Waals surface area contributed by atoms with Gasteiger partial charge in [0.2, 0.25) is 5.96 Å². The monoisotopic (exact) mass is 556 g/mol. The summed E-state index contributed by atoms with van der Waals surface area (Å²) in [4.78, 5) is 1.42. The van der Waals surface area contributed by atoms with Gasteiger partial charge < -0.3 is 16.1 Å². The molecule has 6 N–H and O–H groups in total. The second kappa shape index (κ2) is 10.8. The molecule has 0 radical (unpaired) electrons. The van der Waals surface area contributed by atoms with Crippen LogP contribution in [0.3, 0.4) is 0 Å². The number of rotatable bonds is 4. The number of hydrazone groups is 1. The maximum absolute atomic E-state index is 13.5. The summed E-state index contributed by atoms with van der Waals surface area (Å²) in [5.41, 5.74) is -1.24. The Labute approximate surface area is 211 Å². The largest absolute Gasteiger partial charge is 0.416 e. The highest BCUT2D eigenvalue weighted by Crippen LogP contribution is 2.41. The number of aryl methyl sites for hydroxylation is 1. The minimum Gasteiger partial charge on any atom is -0.385 e. The molecule has 0 saturated carbocycles. The number of nitrogens with two attached hydrogens (primary N) is 2. The number of alkyl halides is 9. The molecule has 15 heteroatoms. The van der Waals surface area contributed by atoms with Crippen LogP contribution in [0.1, 0.15) is 52.3 Å². The Balaban J connectivity index is 2.04. The van der Waals surface area contributed by atoms with E-state index in [0.717, 1.165) is 6.07 Å². The first-order chi connectivity index (χ1) is 17.6. The van der Waals surface area contributed by atoms with Crippen molar-refractivity contribution in [2.75, 3.05) is 18.4 Å². The van der Waals surface area contributed by atoms with Gasteiger partial charge in [0, 0.05) is 18.8 Å². The van der Waals surface area contributed by atoms with E-state index in [4.69, 9.17) is 11.7 Å². The molecule has 1 aliphatic heterocycles. The zero-order valence-electron chi connectivity index (χ0n) is 20.0. The first kappa shape index (κ1) is 29.2. The summed E-state index contributed by atoms with van der Waals surface area (Å²) in [5.74, 6) is 10.8. The quantitative estimate of drug-likeness (QED) is 0.131. The zero-order chi connectivity index (χ0) is 28.5. The van der Waals surface area contributed by atoms with Crippen molar-refractivity contribution in [3.05, 3.63) is 63.7 Å².